The fourth-order valence-corrected chi connectivity index (χ4v) is 3.94. The maximum Gasteiger partial charge on any atom is 0.494 e. The van der Waals surface area contributed by atoms with Crippen molar-refractivity contribution in [2.24, 2.45) is 0 Å². The largest absolute Gasteiger partial charge is 0.494 e. The number of nitrogens with zero attached hydrogens (tertiary/aromatic N) is 2. The van der Waals surface area contributed by atoms with Gasteiger partial charge in [0.2, 0.25) is 0 Å². The van der Waals surface area contributed by atoms with Gasteiger partial charge in [-0.15, -0.1) is 0 Å². The number of likely N-dealkylation sites (N-methyl/N-ethyl adjacent to an activating group) is 1. The standard InChI is InChI=1S/C24H36BFN2O5/c1-22(2,3)31-21(30)27(8)17-10-9-13-28(15-17)20(29)18-12-11-16(14-19(18)26)25-32-23(4,5)24(6,7)33-25/h11-12,14,17H,9-10,13,15H2,1-8H3. The molecule has 1 atom stereocenters. The summed E-state index contributed by atoms with van der Waals surface area (Å²) in [6.07, 6.45) is 1.04. The van der Waals surface area contributed by atoms with Gasteiger partial charge in [0, 0.05) is 20.1 Å². The lowest BCUT2D eigenvalue weighted by Crippen LogP contribution is -2.51. The third kappa shape index (κ3) is 5.52. The van der Waals surface area contributed by atoms with Crippen molar-refractivity contribution >= 4 is 24.6 Å². The highest BCUT2D eigenvalue weighted by molar-refractivity contribution is 6.62. The second kappa shape index (κ2) is 8.91. The Hall–Kier alpha value is -2.13. The SMILES string of the molecule is CN(C(=O)OC(C)(C)C)C1CCCN(C(=O)c2ccc(B3OC(C)(C)C(C)(C)O3)cc2F)C1. The zero-order valence-electron chi connectivity index (χ0n) is 21.0. The van der Waals surface area contributed by atoms with E-state index in [1.807, 2.05) is 48.5 Å². The average molecular weight is 462 g/mol. The van der Waals surface area contributed by atoms with Crippen LogP contribution in [0.3, 0.4) is 0 Å². The molecule has 0 radical (unpaired) electrons. The van der Waals surface area contributed by atoms with Crippen LogP contribution in [0.15, 0.2) is 18.2 Å². The van der Waals surface area contributed by atoms with Gasteiger partial charge in [-0.25, -0.2) is 9.18 Å². The van der Waals surface area contributed by atoms with Gasteiger partial charge >= 0.3 is 13.2 Å². The highest BCUT2D eigenvalue weighted by atomic mass is 19.1. The summed E-state index contributed by atoms with van der Waals surface area (Å²) in [5.41, 5.74) is -1.14. The maximum absolute atomic E-state index is 15.0. The molecule has 0 spiro atoms. The summed E-state index contributed by atoms with van der Waals surface area (Å²) in [5, 5.41) is 0. The molecule has 1 unspecified atom stereocenters. The van der Waals surface area contributed by atoms with Crippen LogP contribution >= 0.6 is 0 Å². The molecule has 0 N–H and O–H groups in total. The van der Waals surface area contributed by atoms with Gasteiger partial charge in [-0.2, -0.15) is 0 Å². The lowest BCUT2D eigenvalue weighted by molar-refractivity contribution is 0.00578. The minimum absolute atomic E-state index is 0.00385. The van der Waals surface area contributed by atoms with Gasteiger partial charge in [0.05, 0.1) is 22.8 Å². The quantitative estimate of drug-likeness (QED) is 0.643. The van der Waals surface area contributed by atoms with Crippen LogP contribution in [-0.4, -0.2) is 71.9 Å². The van der Waals surface area contributed by atoms with Gasteiger partial charge in [-0.1, -0.05) is 6.07 Å². The van der Waals surface area contributed by atoms with E-state index in [1.54, 1.807) is 18.0 Å². The molecule has 33 heavy (non-hydrogen) atoms. The first kappa shape index (κ1) is 25.5. The van der Waals surface area contributed by atoms with E-state index in [0.29, 0.717) is 18.6 Å². The van der Waals surface area contributed by atoms with Crippen molar-refractivity contribution in [2.45, 2.75) is 84.2 Å². The molecule has 0 aromatic heterocycles. The fourth-order valence-electron chi connectivity index (χ4n) is 3.94. The Morgan fingerprint density at radius 2 is 1.79 bits per heavy atom. The molecule has 2 fully saturated rings. The molecule has 9 heteroatoms. The second-order valence-corrected chi connectivity index (χ2v) is 11.0. The Kier molecular flexibility index (Phi) is 6.88. The first-order valence-electron chi connectivity index (χ1n) is 11.5. The van der Waals surface area contributed by atoms with Crippen molar-refractivity contribution in [3.63, 3.8) is 0 Å². The molecular weight excluding hydrogens is 426 g/mol. The van der Waals surface area contributed by atoms with Gasteiger partial charge in [-0.05, 0) is 78.9 Å². The molecule has 2 aliphatic rings. The molecular formula is C24H36BFN2O5. The van der Waals surface area contributed by atoms with E-state index in [2.05, 4.69) is 0 Å². The van der Waals surface area contributed by atoms with Crippen LogP contribution < -0.4 is 5.46 Å². The lowest BCUT2D eigenvalue weighted by atomic mass is 9.78. The maximum atomic E-state index is 15.0. The van der Waals surface area contributed by atoms with Crippen molar-refractivity contribution in [3.05, 3.63) is 29.6 Å². The van der Waals surface area contributed by atoms with Crippen LogP contribution in [0, 0.1) is 5.82 Å². The minimum Gasteiger partial charge on any atom is -0.444 e. The topological polar surface area (TPSA) is 68.3 Å². The average Bonchev–Trinajstić information content (AvgIpc) is 2.92. The summed E-state index contributed by atoms with van der Waals surface area (Å²) in [6, 6.07) is 4.28. The monoisotopic (exact) mass is 462 g/mol. The van der Waals surface area contributed by atoms with E-state index in [0.717, 1.165) is 12.8 Å². The van der Waals surface area contributed by atoms with E-state index < -0.39 is 41.7 Å². The van der Waals surface area contributed by atoms with E-state index in [4.69, 9.17) is 14.0 Å². The number of hydrogen-bond donors (Lipinski definition) is 0. The van der Waals surface area contributed by atoms with Crippen LogP contribution in [0.25, 0.3) is 0 Å². The van der Waals surface area contributed by atoms with Crippen molar-refractivity contribution in [1.29, 1.82) is 0 Å². The van der Waals surface area contributed by atoms with Crippen LogP contribution in [-0.2, 0) is 14.0 Å². The second-order valence-electron chi connectivity index (χ2n) is 11.0. The van der Waals surface area contributed by atoms with Crippen LogP contribution in [0.5, 0.6) is 0 Å². The molecule has 2 aliphatic heterocycles. The Bertz CT molecular complexity index is 899. The predicted octanol–water partition coefficient (Wildman–Crippen LogP) is 3.60. The summed E-state index contributed by atoms with van der Waals surface area (Å²) in [4.78, 5) is 28.7. The summed E-state index contributed by atoms with van der Waals surface area (Å²) < 4.78 is 32.4. The third-order valence-corrected chi connectivity index (χ3v) is 6.66. The molecule has 1 aromatic rings. The molecule has 0 aliphatic carbocycles. The smallest absolute Gasteiger partial charge is 0.444 e. The van der Waals surface area contributed by atoms with Gasteiger partial charge in [-0.3, -0.25) is 4.79 Å². The van der Waals surface area contributed by atoms with E-state index in [-0.39, 0.29) is 11.6 Å². The molecule has 2 saturated heterocycles. The lowest BCUT2D eigenvalue weighted by Gasteiger charge is -2.38. The summed E-state index contributed by atoms with van der Waals surface area (Å²) >= 11 is 0. The first-order valence-corrected chi connectivity index (χ1v) is 11.5. The molecule has 2 amide bonds. The van der Waals surface area contributed by atoms with Gasteiger partial charge in [0.25, 0.3) is 5.91 Å². The Morgan fingerprint density at radius 1 is 1.18 bits per heavy atom. The summed E-state index contributed by atoms with van der Waals surface area (Å²) in [5.74, 6) is -1.01. The molecule has 182 valence electrons. The van der Waals surface area contributed by atoms with Gasteiger partial charge < -0.3 is 23.8 Å². The number of halogens is 1. The van der Waals surface area contributed by atoms with Crippen molar-refractivity contribution in [2.75, 3.05) is 20.1 Å². The number of piperidine rings is 1. The summed E-state index contributed by atoms with van der Waals surface area (Å²) in [7, 11) is 0.975. The number of ether oxygens (including phenoxy) is 1. The number of carbonyl (C=O) groups is 2. The molecule has 1 aromatic carbocycles. The van der Waals surface area contributed by atoms with Crippen molar-refractivity contribution < 1.29 is 28.0 Å². The molecule has 0 saturated carbocycles. The zero-order chi connectivity index (χ0) is 24.8. The third-order valence-electron chi connectivity index (χ3n) is 6.66. The fraction of sp³-hybridized carbons (Fsp3) is 0.667. The Balaban J connectivity index is 1.70. The zero-order valence-corrected chi connectivity index (χ0v) is 21.0. The minimum atomic E-state index is -0.699. The van der Waals surface area contributed by atoms with E-state index in [1.165, 1.54) is 17.0 Å². The van der Waals surface area contributed by atoms with Crippen LogP contribution in [0.2, 0.25) is 0 Å². The summed E-state index contributed by atoms with van der Waals surface area (Å²) in [6.45, 7) is 14.0. The van der Waals surface area contributed by atoms with E-state index >= 15 is 4.39 Å². The van der Waals surface area contributed by atoms with Gasteiger partial charge in [0.15, 0.2) is 0 Å². The number of benzene rings is 1. The number of likely N-dealkylation sites (tertiary alicyclic amines) is 1. The van der Waals surface area contributed by atoms with Crippen molar-refractivity contribution in [1.82, 2.24) is 9.80 Å². The molecule has 7 nitrogen and oxygen atoms in total. The molecule has 2 heterocycles. The van der Waals surface area contributed by atoms with Crippen molar-refractivity contribution in [3.8, 4) is 0 Å². The Labute approximate surface area is 196 Å². The number of rotatable bonds is 3. The highest BCUT2D eigenvalue weighted by Gasteiger charge is 2.51. The number of carbonyl (C=O) groups excluding carboxylic acids is 2. The normalized spacial score (nSPS) is 22.3. The van der Waals surface area contributed by atoms with E-state index in [9.17, 15) is 9.59 Å². The van der Waals surface area contributed by atoms with Crippen LogP contribution in [0.1, 0.15) is 71.7 Å². The van der Waals surface area contributed by atoms with Gasteiger partial charge in [0.1, 0.15) is 11.4 Å². The number of amides is 2. The number of hydrogen-bond acceptors (Lipinski definition) is 5. The molecule has 0 bridgehead atoms. The first-order chi connectivity index (χ1) is 15.1. The highest BCUT2D eigenvalue weighted by Crippen LogP contribution is 2.36. The predicted molar refractivity (Wildman–Crippen MR) is 125 cm³/mol. The Morgan fingerprint density at radius 3 is 2.33 bits per heavy atom. The molecule has 3 rings (SSSR count). The van der Waals surface area contributed by atoms with Crippen LogP contribution in [0.4, 0.5) is 9.18 Å².